The smallest absolute Gasteiger partial charge is 0.311 e. The van der Waals surface area contributed by atoms with Crippen LogP contribution >= 0.6 is 0 Å². The van der Waals surface area contributed by atoms with Gasteiger partial charge in [-0.2, -0.15) is 0 Å². The van der Waals surface area contributed by atoms with Crippen LogP contribution in [0.15, 0.2) is 27.2 Å². The Labute approximate surface area is 144 Å². The van der Waals surface area contributed by atoms with Crippen molar-refractivity contribution in [2.75, 3.05) is 6.54 Å². The highest BCUT2D eigenvalue weighted by molar-refractivity contribution is 5.87. The lowest BCUT2D eigenvalue weighted by Gasteiger charge is -2.23. The Morgan fingerprint density at radius 3 is 2.92 bits per heavy atom. The Hall–Kier alpha value is -2.64. The van der Waals surface area contributed by atoms with Crippen LogP contribution in [0.1, 0.15) is 38.0 Å². The van der Waals surface area contributed by atoms with Gasteiger partial charge in [-0.1, -0.05) is 12.8 Å². The summed E-state index contributed by atoms with van der Waals surface area (Å²) in [5.74, 6) is 0.119. The first-order valence-corrected chi connectivity index (χ1v) is 8.53. The number of furan rings is 1. The zero-order valence-electron chi connectivity index (χ0n) is 13.7. The third kappa shape index (κ3) is 3.29. The van der Waals surface area contributed by atoms with Crippen LogP contribution < -0.4 is 0 Å². The molecule has 1 saturated heterocycles. The topological polar surface area (TPSA) is 98.7 Å². The average Bonchev–Trinajstić information content (AvgIpc) is 3.38. The van der Waals surface area contributed by atoms with Crippen LogP contribution in [-0.2, 0) is 20.9 Å². The minimum atomic E-state index is -0.416. The second kappa shape index (κ2) is 6.70. The van der Waals surface area contributed by atoms with Gasteiger partial charge in [-0.3, -0.25) is 9.59 Å². The highest BCUT2D eigenvalue weighted by Gasteiger charge is 2.39. The first kappa shape index (κ1) is 15.9. The van der Waals surface area contributed by atoms with Gasteiger partial charge < -0.3 is 18.5 Å². The summed E-state index contributed by atoms with van der Waals surface area (Å²) in [4.78, 5) is 26.3. The second-order valence-electron chi connectivity index (χ2n) is 6.47. The Morgan fingerprint density at radius 1 is 1.32 bits per heavy atom. The standard InChI is InChI=1S/C17H19N3O5/c21-15-8-11(9-20(15)12-4-1-2-5-12)17(22)24-10-14-18-19-16(25-14)13-6-3-7-23-13/h3,6-7,11-12H,1-2,4-5,8-10H2. The maximum absolute atomic E-state index is 12.3. The van der Waals surface area contributed by atoms with Crippen molar-refractivity contribution in [3.63, 3.8) is 0 Å². The maximum atomic E-state index is 12.3. The number of hydrogen-bond donors (Lipinski definition) is 0. The van der Waals surface area contributed by atoms with Crippen LogP contribution in [0.3, 0.4) is 0 Å². The van der Waals surface area contributed by atoms with Crippen LogP contribution in [0, 0.1) is 5.92 Å². The monoisotopic (exact) mass is 345 g/mol. The number of carbonyl (C=O) groups is 2. The van der Waals surface area contributed by atoms with E-state index in [9.17, 15) is 9.59 Å². The number of esters is 1. The maximum Gasteiger partial charge on any atom is 0.311 e. The predicted octanol–water partition coefficient (Wildman–Crippen LogP) is 2.16. The van der Waals surface area contributed by atoms with E-state index in [1.165, 1.54) is 6.26 Å². The van der Waals surface area contributed by atoms with Gasteiger partial charge in [0.05, 0.1) is 12.2 Å². The predicted molar refractivity (Wildman–Crippen MR) is 83.9 cm³/mol. The van der Waals surface area contributed by atoms with Crippen molar-refractivity contribution >= 4 is 11.9 Å². The van der Waals surface area contributed by atoms with Crippen molar-refractivity contribution in [2.24, 2.45) is 5.92 Å². The van der Waals surface area contributed by atoms with Gasteiger partial charge in [0.15, 0.2) is 12.4 Å². The van der Waals surface area contributed by atoms with Gasteiger partial charge in [0, 0.05) is 19.0 Å². The molecule has 25 heavy (non-hydrogen) atoms. The molecule has 0 N–H and O–H groups in total. The number of amides is 1. The van der Waals surface area contributed by atoms with Crippen molar-refractivity contribution in [3.8, 4) is 11.7 Å². The van der Waals surface area contributed by atoms with Gasteiger partial charge >= 0.3 is 5.97 Å². The van der Waals surface area contributed by atoms with Gasteiger partial charge in [-0.15, -0.1) is 10.2 Å². The minimum absolute atomic E-state index is 0.0479. The summed E-state index contributed by atoms with van der Waals surface area (Å²) >= 11 is 0. The summed E-state index contributed by atoms with van der Waals surface area (Å²) < 4.78 is 15.8. The van der Waals surface area contributed by atoms with Crippen molar-refractivity contribution in [1.29, 1.82) is 0 Å². The summed E-state index contributed by atoms with van der Waals surface area (Å²) in [5.41, 5.74) is 0. The molecule has 8 heteroatoms. The van der Waals surface area contributed by atoms with E-state index in [0.717, 1.165) is 25.7 Å². The van der Waals surface area contributed by atoms with E-state index in [4.69, 9.17) is 13.6 Å². The van der Waals surface area contributed by atoms with E-state index in [0.29, 0.717) is 12.3 Å². The highest BCUT2D eigenvalue weighted by atomic mass is 16.5. The zero-order chi connectivity index (χ0) is 17.2. The lowest BCUT2D eigenvalue weighted by atomic mass is 10.1. The number of ether oxygens (including phenoxy) is 1. The van der Waals surface area contributed by atoms with Gasteiger partial charge in [0.1, 0.15) is 0 Å². The normalized spacial score (nSPS) is 21.2. The molecule has 8 nitrogen and oxygen atoms in total. The van der Waals surface area contributed by atoms with E-state index in [-0.39, 0.29) is 36.8 Å². The van der Waals surface area contributed by atoms with E-state index < -0.39 is 11.9 Å². The Balaban J connectivity index is 1.31. The fraction of sp³-hybridized carbons (Fsp3) is 0.529. The summed E-state index contributed by atoms with van der Waals surface area (Å²) in [5, 5.41) is 7.68. The Bertz CT molecular complexity index is 748. The third-order valence-electron chi connectivity index (χ3n) is 4.79. The summed E-state index contributed by atoms with van der Waals surface area (Å²) in [6.07, 6.45) is 6.09. The molecule has 2 aromatic heterocycles. The largest absolute Gasteiger partial charge is 0.459 e. The molecule has 1 unspecified atom stereocenters. The van der Waals surface area contributed by atoms with E-state index in [1.807, 2.05) is 4.90 Å². The first-order valence-electron chi connectivity index (χ1n) is 8.53. The zero-order valence-corrected chi connectivity index (χ0v) is 13.7. The van der Waals surface area contributed by atoms with E-state index in [1.54, 1.807) is 12.1 Å². The number of carbonyl (C=O) groups excluding carboxylic acids is 2. The third-order valence-corrected chi connectivity index (χ3v) is 4.79. The molecule has 2 aliphatic rings. The molecule has 0 spiro atoms. The first-order chi connectivity index (χ1) is 12.2. The van der Waals surface area contributed by atoms with Gasteiger partial charge in [0.2, 0.25) is 5.91 Å². The molecule has 0 radical (unpaired) electrons. The van der Waals surface area contributed by atoms with Crippen LogP contribution in [0.4, 0.5) is 0 Å². The SMILES string of the molecule is O=C(OCc1nnc(-c2ccco2)o1)C1CC(=O)N(C2CCCC2)C1. The van der Waals surface area contributed by atoms with Crippen LogP contribution in [0.25, 0.3) is 11.7 Å². The molecule has 132 valence electrons. The highest BCUT2D eigenvalue weighted by Crippen LogP contribution is 2.30. The Kier molecular flexibility index (Phi) is 4.25. The number of rotatable bonds is 5. The molecular formula is C17H19N3O5. The second-order valence-corrected chi connectivity index (χ2v) is 6.47. The van der Waals surface area contributed by atoms with Crippen molar-refractivity contribution in [1.82, 2.24) is 15.1 Å². The number of likely N-dealkylation sites (tertiary alicyclic amines) is 1. The minimum Gasteiger partial charge on any atom is -0.459 e. The molecule has 1 atom stereocenters. The van der Waals surface area contributed by atoms with Crippen LogP contribution in [0.5, 0.6) is 0 Å². The quantitative estimate of drug-likeness (QED) is 0.766. The van der Waals surface area contributed by atoms with E-state index >= 15 is 0 Å². The summed E-state index contributed by atoms with van der Waals surface area (Å²) in [6.45, 7) is 0.338. The Morgan fingerprint density at radius 2 is 2.16 bits per heavy atom. The van der Waals surface area contributed by atoms with E-state index in [2.05, 4.69) is 10.2 Å². The molecule has 0 bridgehead atoms. The number of nitrogens with zero attached hydrogens (tertiary/aromatic N) is 3. The molecule has 2 fully saturated rings. The molecule has 3 heterocycles. The van der Waals surface area contributed by atoms with Crippen molar-refractivity contribution < 1.29 is 23.2 Å². The van der Waals surface area contributed by atoms with Crippen LogP contribution in [0.2, 0.25) is 0 Å². The summed E-state index contributed by atoms with van der Waals surface area (Å²) in [6, 6.07) is 3.70. The van der Waals surface area contributed by atoms with Crippen molar-refractivity contribution in [2.45, 2.75) is 44.8 Å². The lowest BCUT2D eigenvalue weighted by Crippen LogP contribution is -2.35. The van der Waals surface area contributed by atoms with Gasteiger partial charge in [0.25, 0.3) is 11.8 Å². The molecule has 2 aromatic rings. The molecular weight excluding hydrogens is 326 g/mol. The lowest BCUT2D eigenvalue weighted by molar-refractivity contribution is -0.150. The van der Waals surface area contributed by atoms with Gasteiger partial charge in [-0.25, -0.2) is 0 Å². The molecule has 1 aliphatic carbocycles. The molecule has 1 aliphatic heterocycles. The number of aromatic nitrogens is 2. The molecule has 1 amide bonds. The van der Waals surface area contributed by atoms with Gasteiger partial charge in [-0.05, 0) is 25.0 Å². The number of hydrogen-bond acceptors (Lipinski definition) is 7. The average molecular weight is 345 g/mol. The fourth-order valence-electron chi connectivity index (χ4n) is 3.52. The fourth-order valence-corrected chi connectivity index (χ4v) is 3.52. The van der Waals surface area contributed by atoms with Crippen molar-refractivity contribution in [3.05, 3.63) is 24.3 Å². The molecule has 0 aromatic carbocycles. The molecule has 4 rings (SSSR count). The summed E-state index contributed by atoms with van der Waals surface area (Å²) in [7, 11) is 0. The molecule has 1 saturated carbocycles. The van der Waals surface area contributed by atoms with Crippen LogP contribution in [-0.4, -0.2) is 39.6 Å².